The molecule has 2 saturated heterocycles. The number of carbonyl (C=O) groups excluding carboxylic acids is 3. The second-order valence-corrected chi connectivity index (χ2v) is 7.93. The van der Waals surface area contributed by atoms with Crippen molar-refractivity contribution in [2.24, 2.45) is 0 Å². The zero-order valence-corrected chi connectivity index (χ0v) is 17.9. The van der Waals surface area contributed by atoms with Gasteiger partial charge >= 0.3 is 18.2 Å². The molecule has 4 rings (SSSR count). The molecule has 0 bridgehead atoms. The number of nitrogens with zero attached hydrogens (tertiary/aromatic N) is 2. The van der Waals surface area contributed by atoms with Crippen molar-refractivity contribution in [3.05, 3.63) is 65.7 Å². The number of hydrogen-bond acceptors (Lipinski definition) is 6. The molecule has 0 N–H and O–H groups in total. The van der Waals surface area contributed by atoms with Crippen LogP contribution in [0.2, 0.25) is 0 Å². The van der Waals surface area contributed by atoms with Crippen molar-refractivity contribution in [3.8, 4) is 5.75 Å². The van der Waals surface area contributed by atoms with Crippen molar-refractivity contribution in [3.63, 3.8) is 0 Å². The Hall–Kier alpha value is -3.55. The number of ether oxygens (including phenoxy) is 3. The van der Waals surface area contributed by atoms with Gasteiger partial charge in [-0.25, -0.2) is 14.4 Å². The van der Waals surface area contributed by atoms with E-state index in [1.807, 2.05) is 23.1 Å². The van der Waals surface area contributed by atoms with Gasteiger partial charge in [0.15, 0.2) is 0 Å². The van der Waals surface area contributed by atoms with Crippen LogP contribution in [-0.4, -0.2) is 66.8 Å². The van der Waals surface area contributed by atoms with Crippen LogP contribution < -0.4 is 4.74 Å². The predicted molar refractivity (Wildman–Crippen MR) is 116 cm³/mol. The van der Waals surface area contributed by atoms with Crippen LogP contribution in [0.4, 0.5) is 9.59 Å². The number of piperidine rings is 1. The molecule has 168 valence electrons. The Morgan fingerprint density at radius 2 is 1.72 bits per heavy atom. The lowest BCUT2D eigenvalue weighted by molar-refractivity contribution is 0.0600. The fourth-order valence-corrected chi connectivity index (χ4v) is 4.23. The number of carbonyl (C=O) groups is 3. The summed E-state index contributed by atoms with van der Waals surface area (Å²) in [4.78, 5) is 39.9. The molecule has 0 aromatic heterocycles. The van der Waals surface area contributed by atoms with Gasteiger partial charge in [0, 0.05) is 19.1 Å². The van der Waals surface area contributed by atoms with Gasteiger partial charge in [-0.2, -0.15) is 0 Å². The molecule has 2 aliphatic heterocycles. The number of rotatable bonds is 5. The summed E-state index contributed by atoms with van der Waals surface area (Å²) in [5.74, 6) is -0.0909. The van der Waals surface area contributed by atoms with Gasteiger partial charge < -0.3 is 19.1 Å². The average molecular weight is 438 g/mol. The lowest BCUT2D eigenvalue weighted by Crippen LogP contribution is -2.50. The van der Waals surface area contributed by atoms with Crippen LogP contribution in [0.15, 0.2) is 54.6 Å². The highest BCUT2D eigenvalue weighted by atomic mass is 16.6. The topological polar surface area (TPSA) is 85.4 Å². The first-order chi connectivity index (χ1) is 15.5. The fourth-order valence-electron chi connectivity index (χ4n) is 4.23. The van der Waals surface area contributed by atoms with Crippen molar-refractivity contribution in [1.82, 2.24) is 9.80 Å². The minimum atomic E-state index is -0.448. The van der Waals surface area contributed by atoms with Crippen LogP contribution in [0, 0.1) is 0 Å². The zero-order chi connectivity index (χ0) is 22.5. The highest BCUT2D eigenvalue weighted by Gasteiger charge is 2.40. The van der Waals surface area contributed by atoms with E-state index in [0.29, 0.717) is 43.9 Å². The molecule has 2 aromatic carbocycles. The zero-order valence-electron chi connectivity index (χ0n) is 17.9. The number of benzene rings is 2. The molecule has 2 fully saturated rings. The molecule has 0 radical (unpaired) electrons. The fraction of sp³-hybridized carbons (Fsp3) is 0.375. The summed E-state index contributed by atoms with van der Waals surface area (Å²) < 4.78 is 15.4. The minimum Gasteiger partial charge on any atom is -0.465 e. The number of esters is 1. The molecule has 2 aliphatic rings. The highest BCUT2D eigenvalue weighted by molar-refractivity contribution is 5.89. The van der Waals surface area contributed by atoms with Crippen LogP contribution >= 0.6 is 0 Å². The van der Waals surface area contributed by atoms with Crippen LogP contribution in [0.5, 0.6) is 5.75 Å². The molecule has 1 atom stereocenters. The van der Waals surface area contributed by atoms with Gasteiger partial charge in [-0.05, 0) is 49.1 Å². The Balaban J connectivity index is 1.31. The van der Waals surface area contributed by atoms with Gasteiger partial charge in [-0.1, -0.05) is 30.3 Å². The number of likely N-dealkylation sites (tertiary alicyclic amines) is 1. The molecule has 0 spiro atoms. The third-order valence-electron chi connectivity index (χ3n) is 5.91. The first kappa shape index (κ1) is 21.7. The molecule has 2 aromatic rings. The third kappa shape index (κ3) is 4.85. The maximum absolute atomic E-state index is 12.5. The summed E-state index contributed by atoms with van der Waals surface area (Å²) in [6, 6.07) is 16.3. The highest BCUT2D eigenvalue weighted by Crippen LogP contribution is 2.26. The summed E-state index contributed by atoms with van der Waals surface area (Å²) in [7, 11) is 1.31. The largest absolute Gasteiger partial charge is 0.465 e. The van der Waals surface area contributed by atoms with E-state index in [1.54, 1.807) is 29.2 Å². The molecular formula is C24H26N2O6. The summed E-state index contributed by atoms with van der Waals surface area (Å²) in [6.45, 7) is 1.37. The Morgan fingerprint density at radius 1 is 1.03 bits per heavy atom. The monoisotopic (exact) mass is 438 g/mol. The van der Waals surface area contributed by atoms with E-state index in [4.69, 9.17) is 9.47 Å². The molecule has 0 aliphatic carbocycles. The van der Waals surface area contributed by atoms with Gasteiger partial charge in [0.1, 0.15) is 12.4 Å². The summed E-state index contributed by atoms with van der Waals surface area (Å²) in [5.41, 5.74) is 1.55. The van der Waals surface area contributed by atoms with E-state index < -0.39 is 12.1 Å². The molecular weight excluding hydrogens is 412 g/mol. The van der Waals surface area contributed by atoms with Gasteiger partial charge in [-0.3, -0.25) is 4.90 Å². The van der Waals surface area contributed by atoms with Crippen molar-refractivity contribution < 1.29 is 28.6 Å². The average Bonchev–Trinajstić information content (AvgIpc) is 3.19. The summed E-state index contributed by atoms with van der Waals surface area (Å²) in [6.07, 6.45) is 1.35. The number of cyclic esters (lactones) is 1. The van der Waals surface area contributed by atoms with Crippen LogP contribution in [-0.2, 0) is 15.9 Å². The lowest BCUT2D eigenvalue weighted by Gasteiger charge is -2.37. The lowest BCUT2D eigenvalue weighted by atomic mass is 9.99. The first-order valence-electron chi connectivity index (χ1n) is 10.7. The molecule has 2 amide bonds. The standard InChI is InChI=1S/C24H26N2O6/c1-30-22(27)18-7-9-21(10-8-18)32-23(28)25-13-11-19(12-14-25)26-20(16-31-24(26)29)15-17-5-3-2-4-6-17/h2-10,19-20H,11-16H2,1H3. The van der Waals surface area contributed by atoms with E-state index in [9.17, 15) is 14.4 Å². The number of hydrogen-bond donors (Lipinski definition) is 0. The summed E-state index contributed by atoms with van der Waals surface area (Å²) >= 11 is 0. The SMILES string of the molecule is COC(=O)c1ccc(OC(=O)N2CCC(N3C(=O)OCC3Cc3ccccc3)CC2)cc1. The number of amides is 2. The Morgan fingerprint density at radius 3 is 2.38 bits per heavy atom. The van der Waals surface area contributed by atoms with E-state index >= 15 is 0 Å². The molecule has 8 heteroatoms. The second kappa shape index (κ2) is 9.72. The van der Waals surface area contributed by atoms with Crippen molar-refractivity contribution in [1.29, 1.82) is 0 Å². The maximum Gasteiger partial charge on any atom is 0.415 e. The smallest absolute Gasteiger partial charge is 0.415 e. The van der Waals surface area contributed by atoms with Crippen LogP contribution in [0.3, 0.4) is 0 Å². The normalized spacial score (nSPS) is 18.9. The Bertz CT molecular complexity index is 954. The van der Waals surface area contributed by atoms with Crippen molar-refractivity contribution in [2.45, 2.75) is 31.3 Å². The Labute approximate surface area is 186 Å². The molecule has 2 heterocycles. The van der Waals surface area contributed by atoms with E-state index in [2.05, 4.69) is 16.9 Å². The van der Waals surface area contributed by atoms with Crippen molar-refractivity contribution >= 4 is 18.2 Å². The van der Waals surface area contributed by atoms with E-state index in [1.165, 1.54) is 12.7 Å². The first-order valence-corrected chi connectivity index (χ1v) is 10.7. The van der Waals surface area contributed by atoms with E-state index in [-0.39, 0.29) is 18.2 Å². The van der Waals surface area contributed by atoms with Crippen LogP contribution in [0.1, 0.15) is 28.8 Å². The maximum atomic E-state index is 12.5. The molecule has 0 saturated carbocycles. The van der Waals surface area contributed by atoms with Gasteiger partial charge in [0.05, 0.1) is 18.7 Å². The van der Waals surface area contributed by atoms with Gasteiger partial charge in [0.2, 0.25) is 0 Å². The van der Waals surface area contributed by atoms with Gasteiger partial charge in [-0.15, -0.1) is 0 Å². The summed E-state index contributed by atoms with van der Waals surface area (Å²) in [5, 5.41) is 0. The van der Waals surface area contributed by atoms with Gasteiger partial charge in [0.25, 0.3) is 0 Å². The Kier molecular flexibility index (Phi) is 6.58. The second-order valence-electron chi connectivity index (χ2n) is 7.93. The predicted octanol–water partition coefficient (Wildman–Crippen LogP) is 3.50. The van der Waals surface area contributed by atoms with Crippen LogP contribution in [0.25, 0.3) is 0 Å². The quantitative estimate of drug-likeness (QED) is 0.665. The molecule has 32 heavy (non-hydrogen) atoms. The number of methoxy groups -OCH3 is 1. The molecule has 1 unspecified atom stereocenters. The van der Waals surface area contributed by atoms with E-state index in [0.717, 1.165) is 6.42 Å². The molecule has 8 nitrogen and oxygen atoms in total. The third-order valence-corrected chi connectivity index (χ3v) is 5.91. The van der Waals surface area contributed by atoms with Crippen molar-refractivity contribution in [2.75, 3.05) is 26.8 Å². The minimum absolute atomic E-state index is 0.00160.